The first-order chi connectivity index (χ1) is 7.67. The average molecular weight is 228 g/mol. The van der Waals surface area contributed by atoms with Crippen LogP contribution in [-0.4, -0.2) is 30.7 Å². The fourth-order valence-corrected chi connectivity index (χ4v) is 1.99. The summed E-state index contributed by atoms with van der Waals surface area (Å²) in [4.78, 5) is 11.8. The van der Waals surface area contributed by atoms with E-state index in [4.69, 9.17) is 10.5 Å². The molecule has 3 unspecified atom stereocenters. The van der Waals surface area contributed by atoms with Gasteiger partial charge in [0.05, 0.1) is 6.10 Å². The predicted octanol–water partition coefficient (Wildman–Crippen LogP) is 1.19. The molecule has 1 heterocycles. The first-order valence-electron chi connectivity index (χ1n) is 6.33. The molecule has 0 aromatic heterocycles. The molecule has 4 nitrogen and oxygen atoms in total. The van der Waals surface area contributed by atoms with Crippen molar-refractivity contribution in [3.05, 3.63) is 0 Å². The van der Waals surface area contributed by atoms with E-state index in [0.717, 1.165) is 32.1 Å². The molecule has 16 heavy (non-hydrogen) atoms. The van der Waals surface area contributed by atoms with Gasteiger partial charge in [-0.25, -0.2) is 0 Å². The van der Waals surface area contributed by atoms with Gasteiger partial charge in [-0.2, -0.15) is 0 Å². The Balaban J connectivity index is 2.24. The van der Waals surface area contributed by atoms with Crippen LogP contribution in [0.1, 0.15) is 46.0 Å². The third-order valence-corrected chi connectivity index (χ3v) is 3.04. The van der Waals surface area contributed by atoms with E-state index in [9.17, 15) is 4.79 Å². The van der Waals surface area contributed by atoms with Gasteiger partial charge in [0.25, 0.3) is 0 Å². The molecule has 0 saturated carbocycles. The lowest BCUT2D eigenvalue weighted by atomic mass is 10.1. The monoisotopic (exact) mass is 228 g/mol. The van der Waals surface area contributed by atoms with Crippen LogP contribution in [0.25, 0.3) is 0 Å². The average Bonchev–Trinajstić information content (AvgIpc) is 2.74. The van der Waals surface area contributed by atoms with Gasteiger partial charge >= 0.3 is 0 Å². The van der Waals surface area contributed by atoms with E-state index in [1.54, 1.807) is 0 Å². The number of hydrogen-bond acceptors (Lipinski definition) is 3. The molecule has 0 bridgehead atoms. The minimum Gasteiger partial charge on any atom is -0.364 e. The minimum absolute atomic E-state index is 0.0274. The molecule has 0 aromatic carbocycles. The van der Waals surface area contributed by atoms with E-state index in [-0.39, 0.29) is 24.2 Å². The number of hydrogen-bond donors (Lipinski definition) is 2. The van der Waals surface area contributed by atoms with Gasteiger partial charge in [0.2, 0.25) is 5.91 Å². The smallest absolute Gasteiger partial charge is 0.249 e. The Kier molecular flexibility index (Phi) is 5.77. The van der Waals surface area contributed by atoms with Crippen LogP contribution in [0, 0.1) is 0 Å². The number of rotatable bonds is 6. The Morgan fingerprint density at radius 1 is 1.56 bits per heavy atom. The van der Waals surface area contributed by atoms with Crippen molar-refractivity contribution >= 4 is 5.91 Å². The fourth-order valence-electron chi connectivity index (χ4n) is 1.99. The highest BCUT2D eigenvalue weighted by Crippen LogP contribution is 2.19. The first-order valence-corrected chi connectivity index (χ1v) is 6.33. The Bertz CT molecular complexity index is 221. The zero-order valence-electron chi connectivity index (χ0n) is 10.4. The van der Waals surface area contributed by atoms with Crippen LogP contribution in [0.2, 0.25) is 0 Å². The summed E-state index contributed by atoms with van der Waals surface area (Å²) in [6.07, 6.45) is 4.84. The molecule has 3 N–H and O–H groups in total. The van der Waals surface area contributed by atoms with E-state index in [0.29, 0.717) is 6.54 Å². The number of nitrogens with one attached hydrogen (secondary N) is 1. The van der Waals surface area contributed by atoms with Gasteiger partial charge in [0, 0.05) is 12.6 Å². The van der Waals surface area contributed by atoms with Crippen molar-refractivity contribution in [3.63, 3.8) is 0 Å². The molecule has 0 radical (unpaired) electrons. The van der Waals surface area contributed by atoms with Crippen LogP contribution >= 0.6 is 0 Å². The van der Waals surface area contributed by atoms with Crippen molar-refractivity contribution in [2.75, 3.05) is 6.54 Å². The maximum Gasteiger partial charge on any atom is 0.249 e. The van der Waals surface area contributed by atoms with Crippen molar-refractivity contribution in [2.24, 2.45) is 5.73 Å². The van der Waals surface area contributed by atoms with E-state index >= 15 is 0 Å². The molecular formula is C12H24N2O2. The maximum atomic E-state index is 11.8. The molecule has 1 fully saturated rings. The van der Waals surface area contributed by atoms with Crippen LogP contribution in [0.5, 0.6) is 0 Å². The minimum atomic E-state index is -0.280. The van der Waals surface area contributed by atoms with Gasteiger partial charge in [0.15, 0.2) is 0 Å². The topological polar surface area (TPSA) is 64.4 Å². The standard InChI is InChI=1S/C12H24N2O2/c1-3-4-5-9(2)14-12(15)11-7-6-10(8-13)16-11/h9-11H,3-8,13H2,1-2H3,(H,14,15). The van der Waals surface area contributed by atoms with Crippen molar-refractivity contribution < 1.29 is 9.53 Å². The summed E-state index contributed by atoms with van der Waals surface area (Å²) in [5, 5.41) is 3.00. The van der Waals surface area contributed by atoms with Crippen LogP contribution in [0.15, 0.2) is 0 Å². The maximum absolute atomic E-state index is 11.8. The van der Waals surface area contributed by atoms with Gasteiger partial charge in [-0.3, -0.25) is 4.79 Å². The van der Waals surface area contributed by atoms with Crippen molar-refractivity contribution in [1.29, 1.82) is 0 Å². The van der Waals surface area contributed by atoms with Gasteiger partial charge in [-0.05, 0) is 26.2 Å². The highest BCUT2D eigenvalue weighted by Gasteiger charge is 2.30. The molecule has 1 aliphatic heterocycles. The Hall–Kier alpha value is -0.610. The lowest BCUT2D eigenvalue weighted by molar-refractivity contribution is -0.132. The van der Waals surface area contributed by atoms with Gasteiger partial charge in [0.1, 0.15) is 6.10 Å². The molecule has 0 spiro atoms. The zero-order chi connectivity index (χ0) is 12.0. The molecule has 94 valence electrons. The molecule has 1 aliphatic rings. The van der Waals surface area contributed by atoms with E-state index in [1.165, 1.54) is 0 Å². The summed E-state index contributed by atoms with van der Waals surface area (Å²) >= 11 is 0. The summed E-state index contributed by atoms with van der Waals surface area (Å²) < 4.78 is 5.54. The van der Waals surface area contributed by atoms with E-state index < -0.39 is 0 Å². The lowest BCUT2D eigenvalue weighted by Gasteiger charge is -2.17. The van der Waals surface area contributed by atoms with E-state index in [1.807, 2.05) is 6.92 Å². The summed E-state index contributed by atoms with van der Waals surface area (Å²) in [5.74, 6) is 0.0274. The quantitative estimate of drug-likeness (QED) is 0.717. The van der Waals surface area contributed by atoms with E-state index in [2.05, 4.69) is 12.2 Å². The van der Waals surface area contributed by atoms with Crippen molar-refractivity contribution in [2.45, 2.75) is 64.2 Å². The number of unbranched alkanes of at least 4 members (excludes halogenated alkanes) is 1. The highest BCUT2D eigenvalue weighted by atomic mass is 16.5. The zero-order valence-corrected chi connectivity index (χ0v) is 10.4. The summed E-state index contributed by atoms with van der Waals surface area (Å²) in [6.45, 7) is 4.71. The second-order valence-corrected chi connectivity index (χ2v) is 4.61. The molecule has 3 atom stereocenters. The highest BCUT2D eigenvalue weighted by molar-refractivity contribution is 5.81. The Morgan fingerprint density at radius 3 is 2.88 bits per heavy atom. The predicted molar refractivity (Wildman–Crippen MR) is 64.1 cm³/mol. The SMILES string of the molecule is CCCCC(C)NC(=O)C1CCC(CN)O1. The molecule has 0 aliphatic carbocycles. The second kappa shape index (κ2) is 6.86. The summed E-state index contributed by atoms with van der Waals surface area (Å²) in [7, 11) is 0. The molecule has 1 amide bonds. The van der Waals surface area contributed by atoms with Gasteiger partial charge in [-0.1, -0.05) is 19.8 Å². The van der Waals surface area contributed by atoms with Crippen molar-refractivity contribution in [1.82, 2.24) is 5.32 Å². The van der Waals surface area contributed by atoms with Gasteiger partial charge < -0.3 is 15.8 Å². The van der Waals surface area contributed by atoms with Crippen LogP contribution in [0.3, 0.4) is 0 Å². The largest absolute Gasteiger partial charge is 0.364 e. The third kappa shape index (κ3) is 4.10. The molecule has 1 saturated heterocycles. The number of carbonyl (C=O) groups excluding carboxylic acids is 1. The molecule has 1 rings (SSSR count). The fraction of sp³-hybridized carbons (Fsp3) is 0.917. The Labute approximate surface area is 97.9 Å². The molecule has 4 heteroatoms. The second-order valence-electron chi connectivity index (χ2n) is 4.61. The number of carbonyl (C=O) groups is 1. The summed E-state index contributed by atoms with van der Waals surface area (Å²) in [6, 6.07) is 0.243. The Morgan fingerprint density at radius 2 is 2.31 bits per heavy atom. The van der Waals surface area contributed by atoms with Crippen molar-refractivity contribution in [3.8, 4) is 0 Å². The third-order valence-electron chi connectivity index (χ3n) is 3.04. The number of nitrogens with two attached hydrogens (primary N) is 1. The summed E-state index contributed by atoms with van der Waals surface area (Å²) in [5.41, 5.74) is 5.51. The first kappa shape index (κ1) is 13.5. The lowest BCUT2D eigenvalue weighted by Crippen LogP contribution is -2.40. The number of ether oxygens (including phenoxy) is 1. The molecular weight excluding hydrogens is 204 g/mol. The van der Waals surface area contributed by atoms with Crippen LogP contribution in [0.4, 0.5) is 0 Å². The van der Waals surface area contributed by atoms with Crippen LogP contribution < -0.4 is 11.1 Å². The normalized spacial score (nSPS) is 26.7. The number of amides is 1. The molecule has 0 aromatic rings. The van der Waals surface area contributed by atoms with Gasteiger partial charge in [-0.15, -0.1) is 0 Å². The van der Waals surface area contributed by atoms with Crippen LogP contribution in [-0.2, 0) is 9.53 Å².